The van der Waals surface area contributed by atoms with E-state index in [9.17, 15) is 8.42 Å². The van der Waals surface area contributed by atoms with E-state index in [1.54, 1.807) is 10.4 Å². The number of nitrogens with one attached hydrogen (secondary N) is 1. The van der Waals surface area contributed by atoms with E-state index in [1.165, 1.54) is 0 Å². The van der Waals surface area contributed by atoms with Gasteiger partial charge in [-0.2, -0.15) is 4.31 Å². The maximum Gasteiger partial charge on any atom is 0.252 e. The fraction of sp³-hybridized carbons (Fsp3) is 0.667. The van der Waals surface area contributed by atoms with Crippen molar-refractivity contribution in [3.05, 3.63) is 16.0 Å². The number of sulfonamides is 1. The number of thiophene rings is 1. The number of hydrogen-bond donors (Lipinski definition) is 1. The first-order valence-corrected chi connectivity index (χ1v) is 9.11. The Bertz CT molecular complexity index is 551. The topological polar surface area (TPSA) is 49.4 Å². The molecule has 2 aliphatic heterocycles. The van der Waals surface area contributed by atoms with Gasteiger partial charge in [-0.15, -0.1) is 11.3 Å². The Morgan fingerprint density at radius 3 is 2.89 bits per heavy atom. The monoisotopic (exact) mass is 320 g/mol. The van der Waals surface area contributed by atoms with Gasteiger partial charge in [0.25, 0.3) is 10.0 Å². The van der Waals surface area contributed by atoms with Crippen molar-refractivity contribution in [2.45, 2.75) is 30.0 Å². The summed E-state index contributed by atoms with van der Waals surface area (Å²) in [5.74, 6) is 0.458. The number of aryl methyl sites for hydroxylation is 1. The SMILES string of the molecule is Cc1cc(S(=O)(=O)N2CC3CCCNC3C2)sc1Cl. The molecule has 0 saturated carbocycles. The summed E-state index contributed by atoms with van der Waals surface area (Å²) in [4.78, 5) is 0. The molecule has 2 atom stereocenters. The van der Waals surface area contributed by atoms with Gasteiger partial charge in [-0.25, -0.2) is 8.42 Å². The van der Waals surface area contributed by atoms with Crippen molar-refractivity contribution in [3.63, 3.8) is 0 Å². The van der Waals surface area contributed by atoms with Crippen molar-refractivity contribution in [3.8, 4) is 0 Å². The fourth-order valence-corrected chi connectivity index (χ4v) is 6.28. The second-order valence-electron chi connectivity index (χ2n) is 5.31. The molecule has 2 unspecified atom stereocenters. The van der Waals surface area contributed by atoms with Crippen molar-refractivity contribution in [1.82, 2.24) is 9.62 Å². The molecule has 19 heavy (non-hydrogen) atoms. The Labute approximate surface area is 122 Å². The zero-order valence-corrected chi connectivity index (χ0v) is 13.1. The lowest BCUT2D eigenvalue weighted by atomic mass is 9.94. The summed E-state index contributed by atoms with van der Waals surface area (Å²) >= 11 is 7.14. The summed E-state index contributed by atoms with van der Waals surface area (Å²) < 4.78 is 27.7. The minimum atomic E-state index is -3.37. The van der Waals surface area contributed by atoms with E-state index < -0.39 is 10.0 Å². The Morgan fingerprint density at radius 2 is 2.26 bits per heavy atom. The Kier molecular flexibility index (Phi) is 3.64. The van der Waals surface area contributed by atoms with Crippen LogP contribution in [0.25, 0.3) is 0 Å². The predicted octanol–water partition coefficient (Wildman–Crippen LogP) is 2.08. The molecular weight excluding hydrogens is 304 g/mol. The lowest BCUT2D eigenvalue weighted by Gasteiger charge is -2.24. The standard InChI is InChI=1S/C12H17ClN2O2S2/c1-8-5-11(18-12(8)13)19(16,17)15-6-9-3-2-4-14-10(9)7-15/h5,9-10,14H,2-4,6-7H2,1H3. The number of nitrogens with zero attached hydrogens (tertiary/aromatic N) is 1. The highest BCUT2D eigenvalue weighted by Crippen LogP contribution is 2.35. The minimum Gasteiger partial charge on any atom is -0.312 e. The average Bonchev–Trinajstić information content (AvgIpc) is 2.94. The van der Waals surface area contributed by atoms with E-state index in [0.29, 0.717) is 33.6 Å². The van der Waals surface area contributed by atoms with Gasteiger partial charge in [0.05, 0.1) is 4.34 Å². The lowest BCUT2D eigenvalue weighted by Crippen LogP contribution is -2.41. The first-order valence-electron chi connectivity index (χ1n) is 6.48. The van der Waals surface area contributed by atoms with Gasteiger partial charge in [-0.3, -0.25) is 0 Å². The molecule has 3 rings (SSSR count). The summed E-state index contributed by atoms with van der Waals surface area (Å²) in [7, 11) is -3.37. The Balaban J connectivity index is 1.85. The number of halogens is 1. The molecule has 2 aliphatic rings. The second kappa shape index (κ2) is 5.00. The predicted molar refractivity (Wildman–Crippen MR) is 77.3 cm³/mol. The molecule has 7 heteroatoms. The molecule has 2 fully saturated rings. The van der Waals surface area contributed by atoms with E-state index in [-0.39, 0.29) is 0 Å². The van der Waals surface area contributed by atoms with Crippen molar-refractivity contribution in [1.29, 1.82) is 0 Å². The first-order chi connectivity index (χ1) is 8.98. The van der Waals surface area contributed by atoms with Crippen LogP contribution < -0.4 is 5.32 Å². The number of fused-ring (bicyclic) bond motifs is 1. The Morgan fingerprint density at radius 1 is 1.47 bits per heavy atom. The van der Waals surface area contributed by atoms with Gasteiger partial charge in [0.15, 0.2) is 0 Å². The maximum atomic E-state index is 12.6. The van der Waals surface area contributed by atoms with Crippen LogP contribution in [0.4, 0.5) is 0 Å². The molecule has 0 aliphatic carbocycles. The number of piperidine rings is 1. The zero-order chi connectivity index (χ0) is 13.6. The summed E-state index contributed by atoms with van der Waals surface area (Å²) in [5.41, 5.74) is 0.833. The van der Waals surface area contributed by atoms with Crippen LogP contribution in [0, 0.1) is 12.8 Å². The molecule has 2 saturated heterocycles. The van der Waals surface area contributed by atoms with Crippen molar-refractivity contribution >= 4 is 33.0 Å². The minimum absolute atomic E-state index is 0.319. The summed E-state index contributed by atoms with van der Waals surface area (Å²) in [6.45, 7) is 4.05. The quantitative estimate of drug-likeness (QED) is 0.907. The molecule has 0 aromatic carbocycles. The van der Waals surface area contributed by atoms with Gasteiger partial charge in [0, 0.05) is 19.1 Å². The third kappa shape index (κ3) is 2.45. The third-order valence-electron chi connectivity index (χ3n) is 3.99. The summed E-state index contributed by atoms with van der Waals surface area (Å²) in [6, 6.07) is 2.00. The van der Waals surface area contributed by atoms with Crippen LogP contribution in [0.2, 0.25) is 4.34 Å². The van der Waals surface area contributed by atoms with Crippen molar-refractivity contribution in [2.75, 3.05) is 19.6 Å². The van der Waals surface area contributed by atoms with Gasteiger partial charge in [-0.1, -0.05) is 11.6 Å². The van der Waals surface area contributed by atoms with Crippen LogP contribution in [0.3, 0.4) is 0 Å². The molecule has 0 radical (unpaired) electrons. The highest BCUT2D eigenvalue weighted by atomic mass is 35.5. The molecule has 0 bridgehead atoms. The molecule has 1 aromatic heterocycles. The third-order valence-corrected chi connectivity index (χ3v) is 7.83. The molecule has 4 nitrogen and oxygen atoms in total. The van der Waals surface area contributed by atoms with E-state index >= 15 is 0 Å². The first kappa shape index (κ1) is 13.8. The van der Waals surface area contributed by atoms with Gasteiger partial charge >= 0.3 is 0 Å². The summed E-state index contributed by atoms with van der Waals surface area (Å²) in [6.07, 6.45) is 2.26. The summed E-state index contributed by atoms with van der Waals surface area (Å²) in [5, 5.41) is 3.42. The smallest absolute Gasteiger partial charge is 0.252 e. The normalized spacial score (nSPS) is 28.5. The number of hydrogen-bond acceptors (Lipinski definition) is 4. The lowest BCUT2D eigenvalue weighted by molar-refractivity contribution is 0.339. The number of rotatable bonds is 2. The largest absolute Gasteiger partial charge is 0.312 e. The molecule has 1 N–H and O–H groups in total. The van der Waals surface area contributed by atoms with E-state index in [4.69, 9.17) is 11.6 Å². The zero-order valence-electron chi connectivity index (χ0n) is 10.7. The molecule has 106 valence electrons. The van der Waals surface area contributed by atoms with Gasteiger partial charge < -0.3 is 5.32 Å². The Hall–Kier alpha value is -0.140. The average molecular weight is 321 g/mol. The van der Waals surface area contributed by atoms with Crippen LogP contribution in [-0.4, -0.2) is 38.4 Å². The van der Waals surface area contributed by atoms with Crippen LogP contribution in [-0.2, 0) is 10.0 Å². The van der Waals surface area contributed by atoms with Crippen LogP contribution >= 0.6 is 22.9 Å². The fourth-order valence-electron chi connectivity index (χ4n) is 2.89. The van der Waals surface area contributed by atoms with Crippen LogP contribution in [0.1, 0.15) is 18.4 Å². The highest BCUT2D eigenvalue weighted by Gasteiger charge is 2.40. The van der Waals surface area contributed by atoms with Gasteiger partial charge in [0.2, 0.25) is 0 Å². The van der Waals surface area contributed by atoms with E-state index in [0.717, 1.165) is 36.3 Å². The maximum absolute atomic E-state index is 12.6. The van der Waals surface area contributed by atoms with Gasteiger partial charge in [0.1, 0.15) is 4.21 Å². The second-order valence-corrected chi connectivity index (χ2v) is 9.13. The van der Waals surface area contributed by atoms with E-state index in [2.05, 4.69) is 5.32 Å². The molecule has 3 heterocycles. The van der Waals surface area contributed by atoms with Crippen molar-refractivity contribution in [2.24, 2.45) is 5.92 Å². The molecular formula is C12H17ClN2O2S2. The van der Waals surface area contributed by atoms with E-state index in [1.807, 2.05) is 6.92 Å². The van der Waals surface area contributed by atoms with Crippen LogP contribution in [0.5, 0.6) is 0 Å². The molecule has 0 amide bonds. The molecule has 1 aromatic rings. The highest BCUT2D eigenvalue weighted by molar-refractivity contribution is 7.91. The van der Waals surface area contributed by atoms with Gasteiger partial charge in [-0.05, 0) is 43.9 Å². The molecule has 0 spiro atoms. The van der Waals surface area contributed by atoms with Crippen molar-refractivity contribution < 1.29 is 8.42 Å². The van der Waals surface area contributed by atoms with Crippen LogP contribution in [0.15, 0.2) is 10.3 Å².